The molecule has 21 heavy (non-hydrogen) atoms. The first kappa shape index (κ1) is 15.5. The van der Waals surface area contributed by atoms with Crippen LogP contribution in [0.15, 0.2) is 46.0 Å². The van der Waals surface area contributed by atoms with Crippen molar-refractivity contribution >= 4 is 33.0 Å². The number of rotatable bonds is 6. The van der Waals surface area contributed by atoms with Gasteiger partial charge in [-0.25, -0.2) is 13.9 Å². The van der Waals surface area contributed by atoms with Crippen molar-refractivity contribution in [2.24, 2.45) is 0 Å². The number of hydrogen-bond donors (Lipinski definition) is 2. The summed E-state index contributed by atoms with van der Waals surface area (Å²) in [6, 6.07) is 9.26. The molecule has 0 bridgehead atoms. The summed E-state index contributed by atoms with van der Waals surface area (Å²) in [6.07, 6.45) is 0. The molecule has 0 spiro atoms. The fourth-order valence-corrected chi connectivity index (χ4v) is 3.56. The molecule has 0 aliphatic rings. The lowest BCUT2D eigenvalue weighted by atomic mass is 10.2. The third-order valence-electron chi connectivity index (χ3n) is 2.47. The van der Waals surface area contributed by atoms with Crippen LogP contribution in [0.2, 0.25) is 0 Å². The van der Waals surface area contributed by atoms with Crippen molar-refractivity contribution in [1.82, 2.24) is 5.48 Å². The number of carbonyl (C=O) groups is 1. The van der Waals surface area contributed by atoms with Crippen LogP contribution in [-0.2, 0) is 14.9 Å². The molecule has 1 aromatic heterocycles. The molecule has 0 unspecified atom stereocenters. The molecule has 0 aliphatic heterocycles. The van der Waals surface area contributed by atoms with Crippen LogP contribution in [0.4, 0.5) is 5.69 Å². The van der Waals surface area contributed by atoms with E-state index in [1.807, 2.05) is 0 Å². The number of benzene rings is 1. The summed E-state index contributed by atoms with van der Waals surface area (Å²) in [4.78, 5) is 16.4. The third-order valence-corrected chi connectivity index (χ3v) is 5.25. The van der Waals surface area contributed by atoms with Crippen LogP contribution in [0.5, 0.6) is 0 Å². The van der Waals surface area contributed by atoms with E-state index in [1.165, 1.54) is 30.3 Å². The summed E-state index contributed by atoms with van der Waals surface area (Å²) in [7, 11) is -3.57. The Bertz CT molecular complexity index is 694. The Morgan fingerprint density at radius 3 is 2.52 bits per heavy atom. The second kappa shape index (κ2) is 6.70. The van der Waals surface area contributed by atoms with Crippen molar-refractivity contribution < 1.29 is 18.0 Å². The number of sulfonamides is 1. The lowest BCUT2D eigenvalue weighted by molar-refractivity contribution is 0.0364. The highest BCUT2D eigenvalue weighted by Crippen LogP contribution is 2.20. The summed E-state index contributed by atoms with van der Waals surface area (Å²) in [5.74, 6) is -0.385. The van der Waals surface area contributed by atoms with Gasteiger partial charge in [0.15, 0.2) is 0 Å². The van der Waals surface area contributed by atoms with Gasteiger partial charge >= 0.3 is 0 Å². The molecule has 0 aliphatic carbocycles. The first-order chi connectivity index (χ1) is 10.0. The topological polar surface area (TPSA) is 84.5 Å². The zero-order valence-electron chi connectivity index (χ0n) is 11.2. The molecule has 1 amide bonds. The zero-order valence-corrected chi connectivity index (χ0v) is 12.8. The minimum atomic E-state index is -3.57. The van der Waals surface area contributed by atoms with Crippen LogP contribution in [0.3, 0.4) is 0 Å². The predicted octanol–water partition coefficient (Wildman–Crippen LogP) is 2.23. The minimum Gasteiger partial charge on any atom is -0.279 e. The number of hydroxylamine groups is 1. The molecule has 2 aromatic rings. The van der Waals surface area contributed by atoms with Crippen LogP contribution in [0.1, 0.15) is 17.3 Å². The first-order valence-corrected chi connectivity index (χ1v) is 8.47. The van der Waals surface area contributed by atoms with E-state index in [2.05, 4.69) is 10.2 Å². The molecule has 112 valence electrons. The Morgan fingerprint density at radius 1 is 1.24 bits per heavy atom. The van der Waals surface area contributed by atoms with E-state index >= 15 is 0 Å². The molecule has 0 saturated heterocycles. The maximum atomic E-state index is 12.0. The van der Waals surface area contributed by atoms with Gasteiger partial charge in [0.25, 0.3) is 15.9 Å². The van der Waals surface area contributed by atoms with E-state index in [0.717, 1.165) is 11.3 Å². The van der Waals surface area contributed by atoms with Gasteiger partial charge in [-0.3, -0.25) is 14.4 Å². The molecule has 2 rings (SSSR count). The second-order valence-electron chi connectivity index (χ2n) is 3.98. The summed E-state index contributed by atoms with van der Waals surface area (Å²) in [5.41, 5.74) is 3.03. The van der Waals surface area contributed by atoms with E-state index in [-0.39, 0.29) is 10.1 Å². The monoisotopic (exact) mass is 326 g/mol. The fourth-order valence-electron chi connectivity index (χ4n) is 1.51. The van der Waals surface area contributed by atoms with Gasteiger partial charge in [0.05, 0.1) is 6.61 Å². The average molecular weight is 326 g/mol. The number of anilines is 1. The standard InChI is InChI=1S/C13H14N2O4S2/c1-2-19-14-13(16)10-5-7-11(8-6-10)15-21(17,18)12-4-3-9-20-12/h3-9,15H,2H2,1H3,(H,14,16). The SMILES string of the molecule is CCONC(=O)c1ccc(NS(=O)(=O)c2cccs2)cc1. The molecule has 2 N–H and O–H groups in total. The lowest BCUT2D eigenvalue weighted by Gasteiger charge is -2.07. The number of hydrogen-bond acceptors (Lipinski definition) is 5. The fraction of sp³-hybridized carbons (Fsp3) is 0.154. The molecule has 0 saturated carbocycles. The molecule has 1 heterocycles. The number of nitrogens with one attached hydrogen (secondary N) is 2. The van der Waals surface area contributed by atoms with Gasteiger partial charge in [0.1, 0.15) is 4.21 Å². The minimum absolute atomic E-state index is 0.237. The van der Waals surface area contributed by atoms with Crippen molar-refractivity contribution in [1.29, 1.82) is 0 Å². The second-order valence-corrected chi connectivity index (χ2v) is 6.84. The number of amides is 1. The highest BCUT2D eigenvalue weighted by atomic mass is 32.2. The maximum Gasteiger partial charge on any atom is 0.274 e. The predicted molar refractivity (Wildman–Crippen MR) is 80.7 cm³/mol. The van der Waals surface area contributed by atoms with E-state index < -0.39 is 10.0 Å². The van der Waals surface area contributed by atoms with Gasteiger partial charge in [-0.1, -0.05) is 6.07 Å². The lowest BCUT2D eigenvalue weighted by Crippen LogP contribution is -2.23. The molecule has 8 heteroatoms. The van der Waals surface area contributed by atoms with Crippen LogP contribution in [-0.4, -0.2) is 20.9 Å². The maximum absolute atomic E-state index is 12.0. The molecular formula is C13H14N2O4S2. The molecule has 6 nitrogen and oxygen atoms in total. The van der Waals surface area contributed by atoms with E-state index in [4.69, 9.17) is 4.84 Å². The van der Waals surface area contributed by atoms with Crippen molar-refractivity contribution in [2.75, 3.05) is 11.3 Å². The van der Waals surface area contributed by atoms with Crippen LogP contribution >= 0.6 is 11.3 Å². The van der Waals surface area contributed by atoms with Crippen molar-refractivity contribution in [2.45, 2.75) is 11.1 Å². The van der Waals surface area contributed by atoms with Crippen LogP contribution in [0.25, 0.3) is 0 Å². The molecule has 1 aromatic carbocycles. The highest BCUT2D eigenvalue weighted by Gasteiger charge is 2.15. The highest BCUT2D eigenvalue weighted by molar-refractivity contribution is 7.94. The van der Waals surface area contributed by atoms with E-state index in [0.29, 0.717) is 17.9 Å². The van der Waals surface area contributed by atoms with Crippen molar-refractivity contribution in [3.63, 3.8) is 0 Å². The van der Waals surface area contributed by atoms with E-state index in [1.54, 1.807) is 18.4 Å². The Morgan fingerprint density at radius 2 is 1.95 bits per heavy atom. The summed E-state index contributed by atoms with van der Waals surface area (Å²) >= 11 is 1.14. The summed E-state index contributed by atoms with van der Waals surface area (Å²) < 4.78 is 26.7. The van der Waals surface area contributed by atoms with Gasteiger partial charge in [-0.2, -0.15) is 0 Å². The Hall–Kier alpha value is -1.90. The number of thiophene rings is 1. The Labute approximate surface area is 126 Å². The molecule has 0 radical (unpaired) electrons. The van der Waals surface area contributed by atoms with Gasteiger partial charge in [0.2, 0.25) is 0 Å². The third kappa shape index (κ3) is 4.03. The molecule has 0 fully saturated rings. The van der Waals surface area contributed by atoms with Crippen LogP contribution < -0.4 is 10.2 Å². The largest absolute Gasteiger partial charge is 0.279 e. The first-order valence-electron chi connectivity index (χ1n) is 6.11. The van der Waals surface area contributed by atoms with E-state index in [9.17, 15) is 13.2 Å². The molecular weight excluding hydrogens is 312 g/mol. The van der Waals surface area contributed by atoms with Crippen molar-refractivity contribution in [3.05, 3.63) is 47.3 Å². The van der Waals surface area contributed by atoms with Gasteiger partial charge in [-0.15, -0.1) is 11.3 Å². The molecule has 0 atom stereocenters. The van der Waals surface area contributed by atoms with Gasteiger partial charge < -0.3 is 0 Å². The van der Waals surface area contributed by atoms with Gasteiger partial charge in [0, 0.05) is 11.3 Å². The Kier molecular flexibility index (Phi) is 4.94. The smallest absolute Gasteiger partial charge is 0.274 e. The number of carbonyl (C=O) groups excluding carboxylic acids is 1. The quantitative estimate of drug-likeness (QED) is 0.797. The van der Waals surface area contributed by atoms with Crippen molar-refractivity contribution in [3.8, 4) is 0 Å². The summed E-state index contributed by atoms with van der Waals surface area (Å²) in [6.45, 7) is 2.12. The normalized spacial score (nSPS) is 11.1. The Balaban J connectivity index is 2.08. The zero-order chi connectivity index (χ0) is 15.3. The van der Waals surface area contributed by atoms with Crippen LogP contribution in [0, 0.1) is 0 Å². The van der Waals surface area contributed by atoms with Gasteiger partial charge in [-0.05, 0) is 42.6 Å². The summed E-state index contributed by atoms with van der Waals surface area (Å²) in [5, 5.41) is 1.69. The average Bonchev–Trinajstić information content (AvgIpc) is 3.00.